The summed E-state index contributed by atoms with van der Waals surface area (Å²) in [6.45, 7) is 2.32. The van der Waals surface area contributed by atoms with E-state index in [-0.39, 0.29) is 12.1 Å². The molecule has 1 heterocycles. The van der Waals surface area contributed by atoms with Crippen LogP contribution in [0.3, 0.4) is 0 Å². The Morgan fingerprint density at radius 2 is 2.00 bits per heavy atom. The molecule has 0 saturated heterocycles. The van der Waals surface area contributed by atoms with Gasteiger partial charge in [0.15, 0.2) is 0 Å². The van der Waals surface area contributed by atoms with Crippen LogP contribution in [-0.4, -0.2) is 46.9 Å². The minimum atomic E-state index is -0.347. The number of aromatic nitrogens is 3. The molecular formula is C9H17N5O2. The Morgan fingerprint density at radius 3 is 2.56 bits per heavy atom. The van der Waals surface area contributed by atoms with Gasteiger partial charge >= 0.3 is 6.01 Å². The summed E-state index contributed by atoms with van der Waals surface area (Å²) < 4.78 is 4.93. The molecule has 0 aliphatic carbocycles. The molecule has 1 aromatic rings. The molecule has 0 amide bonds. The van der Waals surface area contributed by atoms with E-state index in [0.29, 0.717) is 24.9 Å². The first-order valence-corrected chi connectivity index (χ1v) is 5.05. The maximum atomic E-state index is 9.10. The Balaban J connectivity index is 2.64. The maximum Gasteiger partial charge on any atom is 0.322 e. The normalized spacial score (nSPS) is 12.0. The molecule has 3 N–H and O–H groups in total. The largest absolute Gasteiger partial charge is 0.467 e. The molecule has 7 nitrogen and oxygen atoms in total. The number of nitrogens with zero attached hydrogens (tertiary/aromatic N) is 3. The van der Waals surface area contributed by atoms with Gasteiger partial charge in [-0.1, -0.05) is 0 Å². The summed E-state index contributed by atoms with van der Waals surface area (Å²) in [5.41, 5.74) is 0. The fraction of sp³-hybridized carbons (Fsp3) is 0.667. The zero-order valence-corrected chi connectivity index (χ0v) is 9.69. The third-order valence-corrected chi connectivity index (χ3v) is 1.87. The van der Waals surface area contributed by atoms with Crippen LogP contribution in [0.1, 0.15) is 13.3 Å². The fourth-order valence-corrected chi connectivity index (χ4v) is 1.03. The van der Waals surface area contributed by atoms with Crippen molar-refractivity contribution in [3.05, 3.63) is 0 Å². The fourth-order valence-electron chi connectivity index (χ4n) is 1.03. The van der Waals surface area contributed by atoms with Gasteiger partial charge in [0.1, 0.15) is 0 Å². The molecule has 1 unspecified atom stereocenters. The Kier molecular flexibility index (Phi) is 4.71. The summed E-state index contributed by atoms with van der Waals surface area (Å²) in [5, 5.41) is 14.9. The van der Waals surface area contributed by atoms with Crippen LogP contribution in [0, 0.1) is 0 Å². The summed E-state index contributed by atoms with van der Waals surface area (Å²) in [5.74, 6) is 0.864. The van der Waals surface area contributed by atoms with Gasteiger partial charge in [0.2, 0.25) is 11.9 Å². The second-order valence-corrected chi connectivity index (χ2v) is 3.28. The molecule has 0 saturated carbocycles. The average Bonchev–Trinajstić information content (AvgIpc) is 2.28. The quantitative estimate of drug-likeness (QED) is 0.635. The summed E-state index contributed by atoms with van der Waals surface area (Å²) >= 11 is 0. The minimum Gasteiger partial charge on any atom is -0.467 e. The van der Waals surface area contributed by atoms with Crippen LogP contribution in [0.4, 0.5) is 11.9 Å². The number of ether oxygens (including phenoxy) is 1. The van der Waals surface area contributed by atoms with Crippen LogP contribution in [0.2, 0.25) is 0 Å². The molecule has 1 rings (SSSR count). The molecule has 0 bridgehead atoms. The number of aliphatic hydroxyl groups is 1. The lowest BCUT2D eigenvalue weighted by Gasteiger charge is -2.08. The van der Waals surface area contributed by atoms with Crippen LogP contribution in [0.5, 0.6) is 6.01 Å². The third-order valence-electron chi connectivity index (χ3n) is 1.87. The van der Waals surface area contributed by atoms with Gasteiger partial charge < -0.3 is 20.5 Å². The van der Waals surface area contributed by atoms with Gasteiger partial charge in [0.25, 0.3) is 0 Å². The first-order valence-electron chi connectivity index (χ1n) is 5.05. The Labute approximate surface area is 94.3 Å². The van der Waals surface area contributed by atoms with E-state index in [9.17, 15) is 0 Å². The van der Waals surface area contributed by atoms with Gasteiger partial charge in [0.05, 0.1) is 13.2 Å². The van der Waals surface area contributed by atoms with Crippen molar-refractivity contribution in [2.45, 2.75) is 19.4 Å². The first-order chi connectivity index (χ1) is 7.65. The van der Waals surface area contributed by atoms with Gasteiger partial charge in [-0.2, -0.15) is 15.0 Å². The van der Waals surface area contributed by atoms with Gasteiger partial charge in [0, 0.05) is 13.6 Å². The molecule has 90 valence electrons. The molecule has 1 aromatic heterocycles. The SMILES string of the molecule is CNc1nc(NCCC(C)O)nc(OC)n1. The number of rotatable bonds is 6. The molecule has 0 spiro atoms. The predicted octanol–water partition coefficient (Wildman–Crippen LogP) is 0.105. The number of aliphatic hydroxyl groups excluding tert-OH is 1. The minimum absolute atomic E-state index is 0.249. The summed E-state index contributed by atoms with van der Waals surface area (Å²) in [4.78, 5) is 12.1. The van der Waals surface area contributed by atoms with Crippen molar-refractivity contribution in [3.63, 3.8) is 0 Å². The smallest absolute Gasteiger partial charge is 0.322 e. The molecule has 0 fully saturated rings. The predicted molar refractivity (Wildman–Crippen MR) is 60.7 cm³/mol. The lowest BCUT2D eigenvalue weighted by atomic mass is 10.3. The van der Waals surface area contributed by atoms with Crippen molar-refractivity contribution in [3.8, 4) is 6.01 Å². The van der Waals surface area contributed by atoms with E-state index in [4.69, 9.17) is 9.84 Å². The number of hydrogen-bond donors (Lipinski definition) is 3. The molecule has 1 atom stereocenters. The molecule has 16 heavy (non-hydrogen) atoms. The Bertz CT molecular complexity index is 309. The van der Waals surface area contributed by atoms with E-state index < -0.39 is 0 Å². The first kappa shape index (κ1) is 12.4. The number of anilines is 2. The van der Waals surface area contributed by atoms with Crippen molar-refractivity contribution in [2.75, 3.05) is 31.3 Å². The monoisotopic (exact) mass is 227 g/mol. The topological polar surface area (TPSA) is 92.2 Å². The van der Waals surface area contributed by atoms with Crippen molar-refractivity contribution >= 4 is 11.9 Å². The molecule has 0 aromatic carbocycles. The summed E-state index contributed by atoms with van der Waals surface area (Å²) in [7, 11) is 3.21. The lowest BCUT2D eigenvalue weighted by molar-refractivity contribution is 0.188. The standard InChI is InChI=1S/C9H17N5O2/c1-6(15)4-5-11-8-12-7(10-2)13-9(14-8)16-3/h6,15H,4-5H2,1-3H3,(H2,10,11,12,13,14). The van der Waals surface area contributed by atoms with Crippen LogP contribution < -0.4 is 15.4 Å². The second-order valence-electron chi connectivity index (χ2n) is 3.28. The van der Waals surface area contributed by atoms with E-state index in [1.54, 1.807) is 14.0 Å². The summed E-state index contributed by atoms with van der Waals surface area (Å²) in [6, 6.07) is 0.249. The molecular weight excluding hydrogens is 210 g/mol. The van der Waals surface area contributed by atoms with Crippen LogP contribution in [0.25, 0.3) is 0 Å². The molecule has 0 radical (unpaired) electrons. The van der Waals surface area contributed by atoms with E-state index in [1.165, 1.54) is 7.11 Å². The van der Waals surface area contributed by atoms with E-state index >= 15 is 0 Å². The van der Waals surface area contributed by atoms with E-state index in [0.717, 1.165) is 0 Å². The van der Waals surface area contributed by atoms with Crippen molar-refractivity contribution in [1.82, 2.24) is 15.0 Å². The van der Waals surface area contributed by atoms with Crippen LogP contribution in [0.15, 0.2) is 0 Å². The number of nitrogens with one attached hydrogen (secondary N) is 2. The maximum absolute atomic E-state index is 9.10. The van der Waals surface area contributed by atoms with E-state index in [2.05, 4.69) is 25.6 Å². The number of methoxy groups -OCH3 is 1. The van der Waals surface area contributed by atoms with Gasteiger partial charge in [-0.05, 0) is 13.3 Å². The number of hydrogen-bond acceptors (Lipinski definition) is 7. The van der Waals surface area contributed by atoms with Crippen molar-refractivity contribution in [2.24, 2.45) is 0 Å². The van der Waals surface area contributed by atoms with Crippen molar-refractivity contribution < 1.29 is 9.84 Å². The van der Waals surface area contributed by atoms with Crippen LogP contribution in [-0.2, 0) is 0 Å². The van der Waals surface area contributed by atoms with Crippen molar-refractivity contribution in [1.29, 1.82) is 0 Å². The highest BCUT2D eigenvalue weighted by Gasteiger charge is 2.05. The zero-order valence-electron chi connectivity index (χ0n) is 9.69. The van der Waals surface area contributed by atoms with Gasteiger partial charge in [-0.25, -0.2) is 0 Å². The second kappa shape index (κ2) is 6.06. The average molecular weight is 227 g/mol. The lowest BCUT2D eigenvalue weighted by Crippen LogP contribution is -2.13. The zero-order chi connectivity index (χ0) is 12.0. The molecule has 7 heteroatoms. The van der Waals surface area contributed by atoms with E-state index in [1.807, 2.05) is 0 Å². The molecule has 0 aliphatic rings. The Morgan fingerprint density at radius 1 is 1.31 bits per heavy atom. The highest BCUT2D eigenvalue weighted by Crippen LogP contribution is 2.09. The third kappa shape index (κ3) is 3.85. The van der Waals surface area contributed by atoms with Gasteiger partial charge in [-0.15, -0.1) is 0 Å². The molecule has 0 aliphatic heterocycles. The summed E-state index contributed by atoms with van der Waals surface area (Å²) in [6.07, 6.45) is 0.281. The Hall–Kier alpha value is -1.63. The highest BCUT2D eigenvalue weighted by molar-refractivity contribution is 5.35. The van der Waals surface area contributed by atoms with Crippen LogP contribution >= 0.6 is 0 Å². The van der Waals surface area contributed by atoms with Gasteiger partial charge in [-0.3, -0.25) is 0 Å². The highest BCUT2D eigenvalue weighted by atomic mass is 16.5.